The molecule has 1 aromatic carbocycles. The Hall–Kier alpha value is -6.46. The summed E-state index contributed by atoms with van der Waals surface area (Å²) < 4.78 is 5.40. The second kappa shape index (κ2) is 24.7. The first-order valence-corrected chi connectivity index (χ1v) is 21.5. The lowest BCUT2D eigenvalue weighted by Gasteiger charge is -2.33. The fourth-order valence-electron chi connectivity index (χ4n) is 7.39. The highest BCUT2D eigenvalue weighted by Crippen LogP contribution is 2.25. The van der Waals surface area contributed by atoms with Gasteiger partial charge in [0, 0.05) is 27.1 Å². The van der Waals surface area contributed by atoms with Crippen LogP contribution in [0, 0.1) is 11.8 Å². The second-order valence-electron chi connectivity index (χ2n) is 17.0. The zero-order chi connectivity index (χ0) is 49.6. The van der Waals surface area contributed by atoms with Crippen molar-refractivity contribution in [3.8, 4) is 0 Å². The molecule has 10 amide bonds. The molecule has 23 nitrogen and oxygen atoms in total. The van der Waals surface area contributed by atoms with Crippen molar-refractivity contribution in [3.63, 3.8) is 0 Å². The molecule has 0 aromatic heterocycles. The number of hydrogen-bond donors (Lipinski definition) is 10. The molecule has 2 aliphatic heterocycles. The number of carbonyl (C=O) groups is 10. The fraction of sp³-hybridized carbons (Fsp3) is 0.581. The fourth-order valence-corrected chi connectivity index (χ4v) is 7.39. The number of aliphatic hydroxyl groups is 2. The summed E-state index contributed by atoms with van der Waals surface area (Å²) in [4.78, 5) is 138. The van der Waals surface area contributed by atoms with Gasteiger partial charge in [-0.1, -0.05) is 57.2 Å². The van der Waals surface area contributed by atoms with Crippen LogP contribution in [0.25, 0.3) is 0 Å². The van der Waals surface area contributed by atoms with Crippen LogP contribution in [0.3, 0.4) is 0 Å². The number of fused-ring (bicyclic) bond motifs is 1. The molecule has 0 spiro atoms. The summed E-state index contributed by atoms with van der Waals surface area (Å²) in [6.45, 7) is 7.36. The Bertz CT molecular complexity index is 2000. The van der Waals surface area contributed by atoms with Gasteiger partial charge in [-0.3, -0.25) is 47.9 Å². The van der Waals surface area contributed by atoms with Crippen LogP contribution < -0.4 is 43.4 Å². The third kappa shape index (κ3) is 15.1. The number of aliphatic hydroxyl groups excluding tert-OH is 2. The zero-order valence-corrected chi connectivity index (χ0v) is 38.2. The first-order valence-electron chi connectivity index (χ1n) is 21.5. The number of nitrogens with zero attached hydrogens (tertiary/aromatic N) is 2. The first-order chi connectivity index (χ1) is 31.0. The van der Waals surface area contributed by atoms with Crippen LogP contribution in [0.2, 0.25) is 0 Å². The van der Waals surface area contributed by atoms with Crippen LogP contribution >= 0.6 is 0 Å². The predicted molar refractivity (Wildman–Crippen MR) is 234 cm³/mol. The SMILES string of the molecule is CC=C1NC(=O)[C@H](O)[C@H](CCC(C)C)NC(=O)[C@H](CC(N)=O)NC(=O)[C@H](Cc2ccccc2)NC(=O)[C@@H]2C[C@H](C)CN2C(=O)[C@H]([C@@H](C)OC)NC(=O)[C@@H]([C@H](O)C(N)=O)NC(=O)CN(C)C1=O. The molecule has 2 saturated heterocycles. The Morgan fingerprint density at radius 3 is 2.06 bits per heavy atom. The minimum atomic E-state index is -2.36. The van der Waals surface area contributed by atoms with Gasteiger partial charge in [0.2, 0.25) is 47.3 Å². The molecule has 2 fully saturated rings. The highest BCUT2D eigenvalue weighted by atomic mass is 16.5. The largest absolute Gasteiger partial charge is 0.381 e. The third-order valence-electron chi connectivity index (χ3n) is 11.2. The third-order valence-corrected chi connectivity index (χ3v) is 11.2. The Morgan fingerprint density at radius 2 is 1.48 bits per heavy atom. The minimum Gasteiger partial charge on any atom is -0.381 e. The number of rotatable bonds is 11. The van der Waals surface area contributed by atoms with E-state index in [2.05, 4.69) is 31.9 Å². The topological polar surface area (TPSA) is 351 Å². The molecule has 0 aliphatic carbocycles. The molecular formula is C43H64N10O13. The number of methoxy groups -OCH3 is 1. The number of likely N-dealkylation sites (N-methyl/N-ethyl adjacent to an activating group) is 1. The molecule has 3 rings (SSSR count). The van der Waals surface area contributed by atoms with Crippen molar-refractivity contribution in [2.45, 2.75) is 121 Å². The van der Waals surface area contributed by atoms with Crippen molar-refractivity contribution in [2.75, 3.05) is 27.2 Å². The number of allylic oxidation sites excluding steroid dienone is 1. The Balaban J connectivity index is 2.20. The smallest absolute Gasteiger partial charge is 0.270 e. The normalized spacial score (nSPS) is 27.6. The summed E-state index contributed by atoms with van der Waals surface area (Å²) in [6, 6.07) is -1.04. The number of nitrogens with two attached hydrogens (primary N) is 2. The minimum absolute atomic E-state index is 0.00154. The number of primary amides is 2. The molecule has 0 saturated carbocycles. The number of amides is 10. The van der Waals surface area contributed by atoms with Gasteiger partial charge in [0.15, 0.2) is 12.2 Å². The van der Waals surface area contributed by atoms with Gasteiger partial charge in [0.05, 0.1) is 25.1 Å². The summed E-state index contributed by atoms with van der Waals surface area (Å²) >= 11 is 0. The molecule has 23 heteroatoms. The van der Waals surface area contributed by atoms with E-state index in [9.17, 15) is 58.2 Å². The van der Waals surface area contributed by atoms with Crippen LogP contribution in [0.1, 0.15) is 65.9 Å². The Labute approximate surface area is 382 Å². The molecule has 0 unspecified atom stereocenters. The molecule has 0 radical (unpaired) electrons. The van der Waals surface area contributed by atoms with Crippen molar-refractivity contribution >= 4 is 59.1 Å². The molecule has 0 bridgehead atoms. The summed E-state index contributed by atoms with van der Waals surface area (Å²) in [5.41, 5.74) is 11.0. The van der Waals surface area contributed by atoms with E-state index in [4.69, 9.17) is 16.2 Å². The van der Waals surface area contributed by atoms with Crippen LogP contribution in [0.5, 0.6) is 0 Å². The van der Waals surface area contributed by atoms with Crippen molar-refractivity contribution in [1.82, 2.24) is 41.7 Å². The van der Waals surface area contributed by atoms with Gasteiger partial charge in [-0.25, -0.2) is 0 Å². The van der Waals surface area contributed by atoms with Gasteiger partial charge in [-0.15, -0.1) is 0 Å². The van der Waals surface area contributed by atoms with Crippen LogP contribution in [0.15, 0.2) is 42.1 Å². The van der Waals surface area contributed by atoms with E-state index in [0.717, 1.165) is 22.9 Å². The maximum atomic E-state index is 14.4. The number of ether oxygens (including phenoxy) is 1. The molecule has 2 aliphatic rings. The number of nitrogens with one attached hydrogen (secondary N) is 6. The summed E-state index contributed by atoms with van der Waals surface area (Å²) in [5, 5.41) is 36.6. The van der Waals surface area contributed by atoms with Crippen LogP contribution in [-0.2, 0) is 59.1 Å². The van der Waals surface area contributed by atoms with Gasteiger partial charge in [-0.05, 0) is 50.5 Å². The summed E-state index contributed by atoms with van der Waals surface area (Å²) in [7, 11) is 2.37. The monoisotopic (exact) mass is 928 g/mol. The molecule has 364 valence electrons. The van der Waals surface area contributed by atoms with E-state index in [0.29, 0.717) is 12.0 Å². The maximum Gasteiger partial charge on any atom is 0.270 e. The van der Waals surface area contributed by atoms with E-state index in [1.807, 2.05) is 13.8 Å². The van der Waals surface area contributed by atoms with Gasteiger partial charge in [0.25, 0.3) is 11.8 Å². The van der Waals surface area contributed by atoms with Crippen molar-refractivity contribution < 1.29 is 62.9 Å². The summed E-state index contributed by atoms with van der Waals surface area (Å²) in [5.74, 6) is -10.9. The standard InChI is InChI=1S/C43H64N10O13/c1-8-25-42(64)52(6)20-31(55)50-33(35(57)36(45)58)40(62)51-32(23(5)66-7)43(65)53-19-22(4)16-29(53)39(61)49-27(17-24-12-10-9-11-13-24)37(59)48-28(18-30(44)54)38(60)47-26(15-14-21(2)3)34(56)41(63)46-25/h8-13,21-23,26-29,32-35,56-57H,14-20H2,1-7H3,(H2,44,54)(H2,45,58)(H,46,63)(H,47,60)(H,48,59)(H,49,61)(H,50,55)(H,51,62)/t22-,23+,26-,27-,28-,29-,32-,33+,34+,35-/m0/s1. The molecule has 2 heterocycles. The van der Waals surface area contributed by atoms with Crippen molar-refractivity contribution in [1.29, 1.82) is 0 Å². The van der Waals surface area contributed by atoms with E-state index in [1.54, 1.807) is 37.3 Å². The Morgan fingerprint density at radius 1 is 0.864 bits per heavy atom. The van der Waals surface area contributed by atoms with E-state index in [1.165, 1.54) is 21.0 Å². The van der Waals surface area contributed by atoms with Gasteiger partial charge in [-0.2, -0.15) is 0 Å². The molecule has 66 heavy (non-hydrogen) atoms. The van der Waals surface area contributed by atoms with Crippen LogP contribution in [0.4, 0.5) is 0 Å². The predicted octanol–water partition coefficient (Wildman–Crippen LogP) is -4.06. The summed E-state index contributed by atoms with van der Waals surface area (Å²) in [6.07, 6.45) is -4.82. The molecule has 12 N–H and O–H groups in total. The molecular weight excluding hydrogens is 865 g/mol. The lowest BCUT2D eigenvalue weighted by Crippen LogP contribution is -2.64. The molecule has 1 aromatic rings. The second-order valence-corrected chi connectivity index (χ2v) is 17.0. The highest BCUT2D eigenvalue weighted by molar-refractivity contribution is 6.02. The average molecular weight is 929 g/mol. The quantitative estimate of drug-likeness (QED) is 0.0946. The number of benzene rings is 1. The van der Waals surface area contributed by atoms with E-state index in [-0.39, 0.29) is 37.6 Å². The average Bonchev–Trinajstić information content (AvgIpc) is 3.67. The van der Waals surface area contributed by atoms with Gasteiger partial charge < -0.3 is 68.1 Å². The highest BCUT2D eigenvalue weighted by Gasteiger charge is 2.45. The zero-order valence-electron chi connectivity index (χ0n) is 38.2. The maximum absolute atomic E-state index is 14.4. The van der Waals surface area contributed by atoms with Gasteiger partial charge in [0.1, 0.15) is 35.9 Å². The van der Waals surface area contributed by atoms with E-state index < -0.39 is 132 Å². The van der Waals surface area contributed by atoms with Crippen molar-refractivity contribution in [3.05, 3.63) is 47.7 Å². The van der Waals surface area contributed by atoms with Crippen LogP contribution in [-0.4, -0.2) is 161 Å². The number of carbonyl (C=O) groups excluding carboxylic acids is 10. The van der Waals surface area contributed by atoms with E-state index >= 15 is 0 Å². The van der Waals surface area contributed by atoms with Gasteiger partial charge >= 0.3 is 0 Å². The first kappa shape index (κ1) is 53.9. The lowest BCUT2D eigenvalue weighted by atomic mass is 9.98. The Kier molecular flexibility index (Phi) is 20.2. The van der Waals surface area contributed by atoms with Crippen molar-refractivity contribution in [2.24, 2.45) is 23.3 Å². The molecule has 10 atom stereocenters. The lowest BCUT2D eigenvalue weighted by molar-refractivity contribution is -0.146. The number of hydrogen-bond acceptors (Lipinski definition) is 13.